The Morgan fingerprint density at radius 1 is 1.00 bits per heavy atom. The van der Waals surface area contributed by atoms with Crippen LogP contribution in [-0.2, 0) is 19.7 Å². The van der Waals surface area contributed by atoms with Crippen molar-refractivity contribution in [2.45, 2.75) is 129 Å². The van der Waals surface area contributed by atoms with Crippen LogP contribution in [0.5, 0.6) is 5.75 Å². The molecule has 0 heterocycles. The first-order valence-electron chi connectivity index (χ1n) is 15.2. The quantitative estimate of drug-likeness (QED) is 0.210. The van der Waals surface area contributed by atoms with Crippen LogP contribution in [-0.4, -0.2) is 24.5 Å². The molecule has 4 nitrogen and oxygen atoms in total. The molecule has 0 saturated heterocycles. The molecule has 0 spiro atoms. The molecule has 4 rings (SSSR count). The molecule has 0 amide bonds. The highest BCUT2D eigenvalue weighted by molar-refractivity contribution is 5.92. The number of rotatable bonds is 12. The molecule has 37 heavy (non-hydrogen) atoms. The molecule has 206 valence electrons. The van der Waals surface area contributed by atoms with Crippen molar-refractivity contribution in [3.8, 4) is 5.75 Å². The molecule has 0 aromatic heterocycles. The van der Waals surface area contributed by atoms with Crippen LogP contribution >= 0.6 is 0 Å². The van der Waals surface area contributed by atoms with E-state index in [2.05, 4.69) is 52.0 Å². The standard InChI is InChI=1S/C33H50O4/c1-5-6-7-8-9-10-22-36-26-16-14-25(15-17-26)32(3,4)28-18-13-24(2)23-30(28)37-31(35)33-20-11-12-29(34)27(33)19-21-33/h14-17,24,27-28,30H,5-13,18-23H2,1-4H3/t24-,27+,28-,30-,33-/m1/s1. The Labute approximate surface area is 225 Å². The molecular formula is C33H50O4. The number of Topliss-reactive ketones (excluding diaryl/α,β-unsaturated/α-hetero) is 1. The van der Waals surface area contributed by atoms with E-state index in [-0.39, 0.29) is 35.1 Å². The van der Waals surface area contributed by atoms with E-state index in [4.69, 9.17) is 9.47 Å². The average molecular weight is 511 g/mol. The highest BCUT2D eigenvalue weighted by Crippen LogP contribution is 2.55. The van der Waals surface area contributed by atoms with Crippen LogP contribution in [0.25, 0.3) is 0 Å². The summed E-state index contributed by atoms with van der Waals surface area (Å²) in [6.07, 6.45) is 14.6. The summed E-state index contributed by atoms with van der Waals surface area (Å²) in [4.78, 5) is 26.0. The highest BCUT2D eigenvalue weighted by Gasteiger charge is 2.58. The molecule has 3 saturated carbocycles. The number of benzene rings is 1. The van der Waals surface area contributed by atoms with Crippen LogP contribution in [0, 0.1) is 23.2 Å². The summed E-state index contributed by atoms with van der Waals surface area (Å²) >= 11 is 0. The van der Waals surface area contributed by atoms with Gasteiger partial charge >= 0.3 is 5.97 Å². The van der Waals surface area contributed by atoms with Gasteiger partial charge in [0.2, 0.25) is 0 Å². The predicted octanol–water partition coefficient (Wildman–Crippen LogP) is 8.20. The lowest BCUT2D eigenvalue weighted by Gasteiger charge is -2.51. The van der Waals surface area contributed by atoms with Crippen molar-refractivity contribution in [2.24, 2.45) is 23.2 Å². The fourth-order valence-electron chi connectivity index (χ4n) is 7.31. The van der Waals surface area contributed by atoms with Gasteiger partial charge in [-0.25, -0.2) is 0 Å². The Hall–Kier alpha value is -1.84. The van der Waals surface area contributed by atoms with E-state index in [1.165, 1.54) is 37.7 Å². The minimum Gasteiger partial charge on any atom is -0.494 e. The Morgan fingerprint density at radius 3 is 2.43 bits per heavy atom. The Bertz CT molecular complexity index is 903. The third-order valence-corrected chi connectivity index (χ3v) is 9.99. The number of hydrogen-bond donors (Lipinski definition) is 0. The molecule has 3 aliphatic rings. The maximum absolute atomic E-state index is 13.6. The second-order valence-corrected chi connectivity index (χ2v) is 12.9. The maximum atomic E-state index is 13.6. The summed E-state index contributed by atoms with van der Waals surface area (Å²) in [5.41, 5.74) is 0.620. The van der Waals surface area contributed by atoms with Gasteiger partial charge in [-0.2, -0.15) is 0 Å². The van der Waals surface area contributed by atoms with Gasteiger partial charge in [-0.05, 0) is 74.0 Å². The number of ether oxygens (including phenoxy) is 2. The normalized spacial score (nSPS) is 29.8. The zero-order valence-electron chi connectivity index (χ0n) is 23.9. The number of esters is 1. The predicted molar refractivity (Wildman–Crippen MR) is 149 cm³/mol. The summed E-state index contributed by atoms with van der Waals surface area (Å²) < 4.78 is 12.4. The molecule has 0 aliphatic heterocycles. The number of fused-ring (bicyclic) bond motifs is 1. The number of hydrogen-bond acceptors (Lipinski definition) is 4. The van der Waals surface area contributed by atoms with Gasteiger partial charge in [-0.1, -0.05) is 78.4 Å². The fraction of sp³-hybridized carbons (Fsp3) is 0.758. The highest BCUT2D eigenvalue weighted by atomic mass is 16.5. The van der Waals surface area contributed by atoms with E-state index in [1.807, 2.05) is 0 Å². The van der Waals surface area contributed by atoms with Gasteiger partial charge in [0, 0.05) is 18.3 Å². The third-order valence-electron chi connectivity index (χ3n) is 9.99. The lowest BCUT2D eigenvalue weighted by molar-refractivity contribution is -0.187. The Kier molecular flexibility index (Phi) is 9.40. The van der Waals surface area contributed by atoms with Gasteiger partial charge in [-0.3, -0.25) is 9.59 Å². The van der Waals surface area contributed by atoms with Crippen molar-refractivity contribution in [1.82, 2.24) is 0 Å². The minimum atomic E-state index is -0.528. The monoisotopic (exact) mass is 510 g/mol. The zero-order valence-corrected chi connectivity index (χ0v) is 23.9. The van der Waals surface area contributed by atoms with E-state index in [0.29, 0.717) is 12.3 Å². The summed E-state index contributed by atoms with van der Waals surface area (Å²) in [7, 11) is 0. The van der Waals surface area contributed by atoms with Crippen molar-refractivity contribution >= 4 is 11.8 Å². The number of ketones is 1. The van der Waals surface area contributed by atoms with Crippen LogP contribution in [0.2, 0.25) is 0 Å². The smallest absolute Gasteiger partial charge is 0.313 e. The van der Waals surface area contributed by atoms with Crippen LogP contribution in [0.15, 0.2) is 24.3 Å². The third kappa shape index (κ3) is 6.25. The van der Waals surface area contributed by atoms with Crippen molar-refractivity contribution in [1.29, 1.82) is 0 Å². The average Bonchev–Trinajstić information content (AvgIpc) is 2.85. The molecule has 3 fully saturated rings. The Morgan fingerprint density at radius 2 is 1.73 bits per heavy atom. The van der Waals surface area contributed by atoms with E-state index in [0.717, 1.165) is 63.7 Å². The van der Waals surface area contributed by atoms with Crippen molar-refractivity contribution in [3.63, 3.8) is 0 Å². The molecule has 3 aliphatic carbocycles. The van der Waals surface area contributed by atoms with Crippen LogP contribution in [0.3, 0.4) is 0 Å². The summed E-state index contributed by atoms with van der Waals surface area (Å²) in [6, 6.07) is 8.61. The molecule has 0 bridgehead atoms. The Balaban J connectivity index is 1.37. The number of unbranched alkanes of at least 4 members (excludes halogenated alkanes) is 5. The molecular weight excluding hydrogens is 460 g/mol. The summed E-state index contributed by atoms with van der Waals surface area (Å²) in [6.45, 7) is 9.90. The molecule has 0 radical (unpaired) electrons. The van der Waals surface area contributed by atoms with Gasteiger partial charge in [0.25, 0.3) is 0 Å². The van der Waals surface area contributed by atoms with Crippen LogP contribution < -0.4 is 4.74 Å². The first-order chi connectivity index (χ1) is 17.8. The number of carbonyl (C=O) groups is 2. The maximum Gasteiger partial charge on any atom is 0.313 e. The molecule has 1 aromatic carbocycles. The lowest BCUT2D eigenvalue weighted by atomic mass is 9.53. The second-order valence-electron chi connectivity index (χ2n) is 12.9. The van der Waals surface area contributed by atoms with E-state index in [1.54, 1.807) is 0 Å². The van der Waals surface area contributed by atoms with Crippen molar-refractivity contribution in [2.75, 3.05) is 6.61 Å². The number of carbonyl (C=O) groups excluding carboxylic acids is 2. The molecule has 0 N–H and O–H groups in total. The minimum absolute atomic E-state index is 0.0878. The van der Waals surface area contributed by atoms with Gasteiger partial charge in [-0.15, -0.1) is 0 Å². The molecule has 0 unspecified atom stereocenters. The van der Waals surface area contributed by atoms with Gasteiger partial charge < -0.3 is 9.47 Å². The second kappa shape index (κ2) is 12.3. The topological polar surface area (TPSA) is 52.6 Å². The first kappa shape index (κ1) is 28.2. The van der Waals surface area contributed by atoms with Gasteiger partial charge in [0.1, 0.15) is 17.6 Å². The zero-order chi connectivity index (χ0) is 26.5. The fourth-order valence-corrected chi connectivity index (χ4v) is 7.31. The van der Waals surface area contributed by atoms with E-state index < -0.39 is 5.41 Å². The molecule has 4 heteroatoms. The van der Waals surface area contributed by atoms with Crippen LogP contribution in [0.1, 0.15) is 123 Å². The van der Waals surface area contributed by atoms with E-state index >= 15 is 0 Å². The van der Waals surface area contributed by atoms with Crippen molar-refractivity contribution < 1.29 is 19.1 Å². The van der Waals surface area contributed by atoms with Crippen LogP contribution in [0.4, 0.5) is 0 Å². The SMILES string of the molecule is CCCCCCCCOc1ccc(C(C)(C)[C@@H]2CC[C@@H](C)C[C@H]2OC(=O)[C@@]23CCCC(=O)[C@@H]2CC3)cc1. The lowest BCUT2D eigenvalue weighted by Crippen LogP contribution is -2.55. The summed E-state index contributed by atoms with van der Waals surface area (Å²) in [5, 5.41) is 0. The van der Waals surface area contributed by atoms with E-state index in [9.17, 15) is 9.59 Å². The van der Waals surface area contributed by atoms with Crippen molar-refractivity contribution in [3.05, 3.63) is 29.8 Å². The first-order valence-corrected chi connectivity index (χ1v) is 15.2. The summed E-state index contributed by atoms with van der Waals surface area (Å²) in [5.74, 6) is 1.84. The van der Waals surface area contributed by atoms with Gasteiger partial charge in [0.05, 0.1) is 12.0 Å². The van der Waals surface area contributed by atoms with Gasteiger partial charge in [0.15, 0.2) is 0 Å². The molecule has 5 atom stereocenters. The largest absolute Gasteiger partial charge is 0.494 e. The molecule has 1 aromatic rings.